The number of nitrogens with one attached hydrogen (secondary N) is 2. The van der Waals surface area contributed by atoms with E-state index in [0.29, 0.717) is 21.4 Å². The van der Waals surface area contributed by atoms with Crippen molar-refractivity contribution in [3.05, 3.63) is 57.6 Å². The minimum atomic E-state index is -4.07. The van der Waals surface area contributed by atoms with Gasteiger partial charge in [0.2, 0.25) is 6.93 Å². The van der Waals surface area contributed by atoms with Gasteiger partial charge in [-0.3, -0.25) is 0 Å². The molecule has 0 saturated carbocycles. The van der Waals surface area contributed by atoms with Crippen molar-refractivity contribution in [3.8, 4) is 0 Å². The largest absolute Gasteiger partial charge is 0.440 e. The third-order valence-corrected chi connectivity index (χ3v) is 6.47. The highest BCUT2D eigenvalue weighted by molar-refractivity contribution is 7.92. The van der Waals surface area contributed by atoms with Crippen molar-refractivity contribution in [3.63, 3.8) is 0 Å². The van der Waals surface area contributed by atoms with Crippen LogP contribution in [0.5, 0.6) is 0 Å². The molecule has 1 atom stereocenters. The molecule has 0 fully saturated rings. The van der Waals surface area contributed by atoms with Gasteiger partial charge in [-0.05, 0) is 47.2 Å². The summed E-state index contributed by atoms with van der Waals surface area (Å²) in [6, 6.07) is 9.31. The molecule has 0 amide bonds. The van der Waals surface area contributed by atoms with Crippen LogP contribution in [0.3, 0.4) is 0 Å². The summed E-state index contributed by atoms with van der Waals surface area (Å²) in [4.78, 5) is 0.259. The highest BCUT2D eigenvalue weighted by Gasteiger charge is 2.23. The monoisotopic (exact) mass is 565 g/mol. The van der Waals surface area contributed by atoms with Crippen LogP contribution >= 0.6 is 23.2 Å². The summed E-state index contributed by atoms with van der Waals surface area (Å²) in [6.07, 6.45) is 0. The Labute approximate surface area is 212 Å². The molecule has 2 aromatic rings. The fraction of sp³-hybridized carbons (Fsp3) is 0.455. The molecule has 0 bridgehead atoms. The topological polar surface area (TPSA) is 81.8 Å². The maximum Gasteiger partial charge on any atom is 0.323 e. The molecule has 34 heavy (non-hydrogen) atoms. The molecule has 0 saturated heterocycles. The summed E-state index contributed by atoms with van der Waals surface area (Å²) in [6.45, 7) is 10.0. The minimum Gasteiger partial charge on any atom is -0.440 e. The first-order valence-corrected chi connectivity index (χ1v) is 13.6. The van der Waals surface area contributed by atoms with Gasteiger partial charge in [0, 0.05) is 10.0 Å². The summed E-state index contributed by atoms with van der Waals surface area (Å²) in [5.74, 6) is -2.79. The summed E-state index contributed by atoms with van der Waals surface area (Å²) in [7, 11) is -5.77. The van der Waals surface area contributed by atoms with E-state index < -0.39 is 33.0 Å². The molecule has 0 heterocycles. The Hall–Kier alpha value is -1.36. The number of alkyl halides is 4. The lowest BCUT2D eigenvalue weighted by atomic mass is 10.0. The normalized spacial score (nSPS) is 12.2. The van der Waals surface area contributed by atoms with Gasteiger partial charge in [-0.1, -0.05) is 81.8 Å². The Morgan fingerprint density at radius 3 is 1.62 bits per heavy atom. The SMILES string of the molecule is CC.CC(C)c1cc(Cl)cc(S(=N)(=O)C(F)F)c1.CC(C)c1cc(Cl)cc([S-](=N)=O)c1.FCF. The molecule has 0 spiro atoms. The molecule has 2 N–H and O–H groups in total. The van der Waals surface area contributed by atoms with E-state index in [9.17, 15) is 26.0 Å². The third kappa shape index (κ3) is 12.4. The molecule has 12 heteroatoms. The Kier molecular flexibility index (Phi) is 17.5. The maximum atomic E-state index is 12.5. The van der Waals surface area contributed by atoms with E-state index >= 15 is 0 Å². The van der Waals surface area contributed by atoms with Crippen molar-refractivity contribution in [1.29, 1.82) is 9.56 Å². The van der Waals surface area contributed by atoms with Crippen LogP contribution < -0.4 is 0 Å². The zero-order valence-electron chi connectivity index (χ0n) is 19.8. The molecule has 4 nitrogen and oxygen atoms in total. The molecule has 0 radical (unpaired) electrons. The van der Waals surface area contributed by atoms with Crippen LogP contribution in [-0.2, 0) is 24.5 Å². The molecule has 0 aromatic heterocycles. The second-order valence-corrected chi connectivity index (χ2v) is 10.9. The van der Waals surface area contributed by atoms with E-state index in [0.717, 1.165) is 11.6 Å². The van der Waals surface area contributed by atoms with Gasteiger partial charge in [-0.15, -0.1) is 0 Å². The van der Waals surface area contributed by atoms with Crippen molar-refractivity contribution >= 4 is 43.5 Å². The zero-order chi connectivity index (χ0) is 27.2. The first kappa shape index (κ1) is 34.8. The Morgan fingerprint density at radius 1 is 0.882 bits per heavy atom. The lowest BCUT2D eigenvalue weighted by molar-refractivity contribution is 0.241. The van der Waals surface area contributed by atoms with Gasteiger partial charge in [0.25, 0.3) is 0 Å². The first-order valence-electron chi connectivity index (χ1n) is 10.1. The third-order valence-electron chi connectivity index (χ3n) is 3.94. The fourth-order valence-electron chi connectivity index (χ4n) is 2.22. The van der Waals surface area contributed by atoms with Gasteiger partial charge < -0.3 is 8.99 Å². The second-order valence-electron chi connectivity index (χ2n) is 6.98. The molecular formula is C22H31Cl2F4N2O2S2-. The van der Waals surface area contributed by atoms with Crippen LogP contribution in [0.2, 0.25) is 10.0 Å². The quantitative estimate of drug-likeness (QED) is 0.279. The number of hydrogen-bond donors (Lipinski definition) is 2. The highest BCUT2D eigenvalue weighted by atomic mass is 35.5. The zero-order valence-corrected chi connectivity index (χ0v) is 22.9. The van der Waals surface area contributed by atoms with Crippen molar-refractivity contribution in [1.82, 2.24) is 0 Å². The minimum absolute atomic E-state index is 0.0744. The van der Waals surface area contributed by atoms with Crippen molar-refractivity contribution in [2.24, 2.45) is 0 Å². The van der Waals surface area contributed by atoms with Crippen LogP contribution in [0.25, 0.3) is 0 Å². The Balaban J connectivity index is 0. The van der Waals surface area contributed by atoms with Crippen molar-refractivity contribution < 1.29 is 26.0 Å². The van der Waals surface area contributed by atoms with E-state index in [-0.39, 0.29) is 15.8 Å². The van der Waals surface area contributed by atoms with Crippen molar-refractivity contribution in [2.75, 3.05) is 6.93 Å². The molecule has 2 rings (SSSR count). The summed E-state index contributed by atoms with van der Waals surface area (Å²) >= 11 is 11.6. The average Bonchev–Trinajstić information content (AvgIpc) is 2.75. The summed E-state index contributed by atoms with van der Waals surface area (Å²) in [5.41, 5.74) is 1.71. The second kappa shape index (κ2) is 17.1. The first-order chi connectivity index (χ1) is 15.7. The van der Waals surface area contributed by atoms with E-state index in [1.54, 1.807) is 18.2 Å². The molecule has 0 aliphatic rings. The van der Waals surface area contributed by atoms with Crippen LogP contribution in [0, 0.1) is 9.56 Å². The number of halogens is 6. The van der Waals surface area contributed by atoms with Crippen LogP contribution in [0.1, 0.15) is 64.5 Å². The van der Waals surface area contributed by atoms with E-state index in [2.05, 4.69) is 0 Å². The standard InChI is InChI=1S/C10H12ClF2NOS.C9H11ClNOS.C2H6.CH2F2/c1-6(2)7-3-8(11)5-9(4-7)16(14,15)10(12)13;1-6(2)7-3-8(10)5-9(4-7)13(11)12;1-2;2-1-3/h3-6,10,14H,1-2H3;3-6,11H,1-2H3;1-2H3;1H2/q;-1;;. The van der Waals surface area contributed by atoms with Crippen molar-refractivity contribution in [2.45, 2.75) is 68.9 Å². The smallest absolute Gasteiger partial charge is 0.323 e. The molecule has 1 unspecified atom stereocenters. The molecule has 0 aliphatic carbocycles. The fourth-order valence-corrected chi connectivity index (χ4v) is 4.13. The summed E-state index contributed by atoms with van der Waals surface area (Å²) in [5, 5.41) is 0.767. The van der Waals surface area contributed by atoms with Gasteiger partial charge in [0.15, 0.2) is 0 Å². The predicted molar refractivity (Wildman–Crippen MR) is 134 cm³/mol. The van der Waals surface area contributed by atoms with Gasteiger partial charge in [-0.2, -0.15) is 19.4 Å². The maximum absolute atomic E-state index is 12.5. The number of benzene rings is 2. The van der Waals surface area contributed by atoms with Gasteiger partial charge in [0.1, 0.15) is 9.73 Å². The number of hydrogen-bond acceptors (Lipinski definition) is 5. The highest BCUT2D eigenvalue weighted by Crippen LogP contribution is 2.27. The Morgan fingerprint density at radius 2 is 1.26 bits per heavy atom. The van der Waals surface area contributed by atoms with Gasteiger partial charge >= 0.3 is 5.76 Å². The van der Waals surface area contributed by atoms with Gasteiger partial charge in [-0.25, -0.2) is 17.8 Å². The molecular weight excluding hydrogens is 535 g/mol. The average molecular weight is 567 g/mol. The van der Waals surface area contributed by atoms with Crippen LogP contribution in [0.4, 0.5) is 17.6 Å². The number of rotatable bonds is 5. The lowest BCUT2D eigenvalue weighted by Gasteiger charge is -2.11. The van der Waals surface area contributed by atoms with Crippen LogP contribution in [0.15, 0.2) is 46.2 Å². The van der Waals surface area contributed by atoms with Crippen LogP contribution in [-0.4, -0.2) is 16.9 Å². The molecule has 0 aliphatic heterocycles. The molecule has 2 aromatic carbocycles. The van der Waals surface area contributed by atoms with E-state index in [1.165, 1.54) is 6.07 Å². The summed E-state index contributed by atoms with van der Waals surface area (Å²) < 4.78 is 80.8. The van der Waals surface area contributed by atoms with Gasteiger partial charge in [0.05, 0.1) is 4.90 Å². The lowest BCUT2D eigenvalue weighted by Crippen LogP contribution is -2.10. The van der Waals surface area contributed by atoms with E-state index in [1.807, 2.05) is 47.6 Å². The Bertz CT molecular complexity index is 1050. The van der Waals surface area contributed by atoms with E-state index in [4.69, 9.17) is 32.8 Å². The molecule has 196 valence electrons. The predicted octanol–water partition coefficient (Wildman–Crippen LogP) is 9.55.